The molecule has 1 heterocycles. The number of terminal acetylenes is 1. The number of aliphatic hydroxyl groups is 1. The maximum absolute atomic E-state index is 12.5. The summed E-state index contributed by atoms with van der Waals surface area (Å²) in [6.07, 6.45) is 7.20. The molecule has 35 heavy (non-hydrogen) atoms. The Bertz CT molecular complexity index is 1180. The topological polar surface area (TPSA) is 119 Å². The quantitative estimate of drug-likeness (QED) is 0.408. The van der Waals surface area contributed by atoms with Gasteiger partial charge in [0.25, 0.3) is 0 Å². The molecule has 2 amide bonds. The zero-order valence-electron chi connectivity index (χ0n) is 19.8. The summed E-state index contributed by atoms with van der Waals surface area (Å²) < 4.78 is 26.2. The van der Waals surface area contributed by atoms with Crippen molar-refractivity contribution in [2.45, 2.75) is 24.9 Å². The summed E-state index contributed by atoms with van der Waals surface area (Å²) in [4.78, 5) is 26.2. The van der Waals surface area contributed by atoms with Gasteiger partial charge in [-0.2, -0.15) is 4.31 Å². The molecule has 2 aromatic rings. The molecule has 1 aliphatic rings. The third kappa shape index (κ3) is 7.02. The number of carbonyl (C=O) groups is 2. The number of fused-ring (bicyclic) bond motifs is 1. The Morgan fingerprint density at radius 1 is 1.14 bits per heavy atom. The number of hydrogen-bond acceptors (Lipinski definition) is 6. The summed E-state index contributed by atoms with van der Waals surface area (Å²) in [5.41, 5.74) is 1.03. The molecule has 0 aliphatic carbocycles. The van der Waals surface area contributed by atoms with Crippen LogP contribution < -0.4 is 10.6 Å². The fourth-order valence-electron chi connectivity index (χ4n) is 4.54. The van der Waals surface area contributed by atoms with E-state index in [1.807, 2.05) is 42.5 Å². The summed E-state index contributed by atoms with van der Waals surface area (Å²) >= 11 is 0. The van der Waals surface area contributed by atoms with Crippen molar-refractivity contribution in [2.24, 2.45) is 0 Å². The molecule has 1 fully saturated rings. The molecule has 1 aliphatic heterocycles. The highest BCUT2D eigenvalue weighted by Gasteiger charge is 2.34. The Hall–Kier alpha value is -2.97. The van der Waals surface area contributed by atoms with Crippen molar-refractivity contribution < 1.29 is 23.1 Å². The molecule has 3 rings (SSSR count). The first-order chi connectivity index (χ1) is 16.7. The van der Waals surface area contributed by atoms with Crippen LogP contribution in [-0.4, -0.2) is 86.2 Å². The summed E-state index contributed by atoms with van der Waals surface area (Å²) in [5, 5.41) is 17.3. The lowest BCUT2D eigenvalue weighted by Crippen LogP contribution is -2.51. The van der Waals surface area contributed by atoms with Crippen molar-refractivity contribution in [1.82, 2.24) is 19.8 Å². The lowest BCUT2D eigenvalue weighted by atomic mass is 9.95. The van der Waals surface area contributed by atoms with E-state index in [2.05, 4.69) is 21.5 Å². The van der Waals surface area contributed by atoms with E-state index in [1.54, 1.807) is 0 Å². The van der Waals surface area contributed by atoms with E-state index in [4.69, 9.17) is 6.42 Å². The number of carbonyl (C=O) groups excluding carboxylic acids is 2. The van der Waals surface area contributed by atoms with Crippen LogP contribution in [0.1, 0.15) is 24.4 Å². The predicted octanol–water partition coefficient (Wildman–Crippen LogP) is 0.465. The van der Waals surface area contributed by atoms with Gasteiger partial charge < -0.3 is 15.7 Å². The third-order valence-corrected chi connectivity index (χ3v) is 7.54. The molecule has 0 aromatic heterocycles. The number of amides is 2. The Labute approximate surface area is 206 Å². The van der Waals surface area contributed by atoms with Gasteiger partial charge >= 0.3 is 0 Å². The highest BCUT2D eigenvalue weighted by atomic mass is 32.2. The zero-order valence-corrected chi connectivity index (χ0v) is 20.6. The van der Waals surface area contributed by atoms with E-state index in [1.165, 1.54) is 4.31 Å². The average molecular weight is 501 g/mol. The largest absolute Gasteiger partial charge is 0.394 e. The number of benzene rings is 2. The normalized spacial score (nSPS) is 16.1. The molecular formula is C25H32N4O5S. The summed E-state index contributed by atoms with van der Waals surface area (Å²) in [6, 6.07) is 13.5. The van der Waals surface area contributed by atoms with Crippen molar-refractivity contribution in [3.63, 3.8) is 0 Å². The van der Waals surface area contributed by atoms with E-state index in [0.717, 1.165) is 22.6 Å². The highest BCUT2D eigenvalue weighted by molar-refractivity contribution is 7.88. The van der Waals surface area contributed by atoms with Crippen LogP contribution >= 0.6 is 0 Å². The second-order valence-electron chi connectivity index (χ2n) is 8.60. The molecule has 0 saturated carbocycles. The van der Waals surface area contributed by atoms with Crippen LogP contribution in [-0.2, 0) is 19.6 Å². The number of piperidine rings is 1. The van der Waals surface area contributed by atoms with Crippen LogP contribution in [0.4, 0.5) is 0 Å². The zero-order chi connectivity index (χ0) is 25.4. The van der Waals surface area contributed by atoms with E-state index in [-0.39, 0.29) is 38.3 Å². The number of nitrogens with zero attached hydrogens (tertiary/aromatic N) is 2. The number of hydrogen-bond donors (Lipinski definition) is 3. The highest BCUT2D eigenvalue weighted by Crippen LogP contribution is 2.31. The first-order valence-electron chi connectivity index (χ1n) is 11.5. The van der Waals surface area contributed by atoms with Gasteiger partial charge in [-0.25, -0.2) is 8.42 Å². The second-order valence-corrected chi connectivity index (χ2v) is 10.5. The predicted molar refractivity (Wildman–Crippen MR) is 135 cm³/mol. The fourth-order valence-corrected chi connectivity index (χ4v) is 5.65. The Morgan fingerprint density at radius 2 is 1.83 bits per heavy atom. The van der Waals surface area contributed by atoms with Crippen molar-refractivity contribution in [1.29, 1.82) is 0 Å². The molecule has 0 spiro atoms. The molecule has 3 N–H and O–H groups in total. The van der Waals surface area contributed by atoms with Crippen LogP contribution in [0.5, 0.6) is 0 Å². The van der Waals surface area contributed by atoms with Gasteiger partial charge in [-0.15, -0.1) is 6.42 Å². The van der Waals surface area contributed by atoms with Crippen LogP contribution in [0.15, 0.2) is 42.5 Å². The molecule has 1 atom stereocenters. The minimum Gasteiger partial charge on any atom is -0.394 e. The number of rotatable bonds is 10. The molecule has 0 radical (unpaired) electrons. The number of aliphatic hydroxyl groups excluding tert-OH is 1. The first-order valence-corrected chi connectivity index (χ1v) is 13.4. The lowest BCUT2D eigenvalue weighted by molar-refractivity contribution is -0.126. The standard InChI is InChI=1S/C25H32N4O5S/c1-3-13-26-24(31)16-27-25(32)17-29(35(2,33)34)20-11-14-28(15-12-20)23(18-30)22-10-6-8-19-7-4-5-9-21(19)22/h1,4-10,20,23,30H,11-18H2,2H3,(H,26,31)(H,27,32). The summed E-state index contributed by atoms with van der Waals surface area (Å²) in [7, 11) is -3.66. The van der Waals surface area contributed by atoms with E-state index in [0.29, 0.717) is 25.9 Å². The van der Waals surface area contributed by atoms with Crippen molar-refractivity contribution in [2.75, 3.05) is 45.6 Å². The van der Waals surface area contributed by atoms with Gasteiger partial charge in [-0.1, -0.05) is 48.4 Å². The van der Waals surface area contributed by atoms with Gasteiger partial charge in [0.1, 0.15) is 0 Å². The van der Waals surface area contributed by atoms with E-state index < -0.39 is 21.8 Å². The smallest absolute Gasteiger partial charge is 0.240 e. The molecule has 10 heteroatoms. The van der Waals surface area contributed by atoms with Crippen LogP contribution in [0.25, 0.3) is 10.8 Å². The van der Waals surface area contributed by atoms with Gasteiger partial charge in [-0.3, -0.25) is 14.5 Å². The average Bonchev–Trinajstić information content (AvgIpc) is 2.85. The van der Waals surface area contributed by atoms with Gasteiger partial charge in [0.05, 0.1) is 38.5 Å². The maximum atomic E-state index is 12.5. The number of likely N-dealkylation sites (tertiary alicyclic amines) is 1. The molecule has 1 saturated heterocycles. The van der Waals surface area contributed by atoms with Crippen molar-refractivity contribution >= 4 is 32.6 Å². The van der Waals surface area contributed by atoms with Crippen molar-refractivity contribution in [3.8, 4) is 12.3 Å². The Balaban J connectivity index is 1.64. The van der Waals surface area contributed by atoms with Gasteiger partial charge in [-0.05, 0) is 29.2 Å². The summed E-state index contributed by atoms with van der Waals surface area (Å²) in [5.74, 6) is 1.26. The SMILES string of the molecule is C#CCNC(=O)CNC(=O)CN(C1CCN(C(CO)c2cccc3ccccc23)CC1)S(C)(=O)=O. The lowest BCUT2D eigenvalue weighted by Gasteiger charge is -2.40. The molecule has 1 unspecified atom stereocenters. The van der Waals surface area contributed by atoms with Gasteiger partial charge in [0.15, 0.2) is 0 Å². The minimum absolute atomic E-state index is 0.0519. The van der Waals surface area contributed by atoms with Gasteiger partial charge in [0.2, 0.25) is 21.8 Å². The maximum Gasteiger partial charge on any atom is 0.240 e. The van der Waals surface area contributed by atoms with Gasteiger partial charge in [0, 0.05) is 19.1 Å². The van der Waals surface area contributed by atoms with E-state index in [9.17, 15) is 23.1 Å². The van der Waals surface area contributed by atoms with Crippen molar-refractivity contribution in [3.05, 3.63) is 48.0 Å². The Morgan fingerprint density at radius 3 is 2.49 bits per heavy atom. The minimum atomic E-state index is -3.66. The molecule has 0 bridgehead atoms. The third-order valence-electron chi connectivity index (χ3n) is 6.26. The molecule has 188 valence electrons. The van der Waals surface area contributed by atoms with Crippen LogP contribution in [0.3, 0.4) is 0 Å². The molecule has 9 nitrogen and oxygen atoms in total. The molecule has 2 aromatic carbocycles. The summed E-state index contributed by atoms with van der Waals surface area (Å²) in [6.45, 7) is 0.496. The first kappa shape index (κ1) is 26.6. The van der Waals surface area contributed by atoms with Crippen LogP contribution in [0.2, 0.25) is 0 Å². The molecular weight excluding hydrogens is 468 g/mol. The van der Waals surface area contributed by atoms with E-state index >= 15 is 0 Å². The number of sulfonamides is 1. The second kappa shape index (κ2) is 12.1. The number of nitrogens with one attached hydrogen (secondary N) is 2. The Kier molecular flexibility index (Phi) is 9.23. The monoisotopic (exact) mass is 500 g/mol. The fraction of sp³-hybridized carbons (Fsp3) is 0.440. The van der Waals surface area contributed by atoms with Crippen LogP contribution in [0, 0.1) is 12.3 Å².